The Bertz CT molecular complexity index is 1450. The van der Waals surface area contributed by atoms with Gasteiger partial charge < -0.3 is 9.84 Å². The van der Waals surface area contributed by atoms with Crippen molar-refractivity contribution >= 4 is 0 Å². The van der Waals surface area contributed by atoms with Crippen LogP contribution in [-0.2, 0) is 18.7 Å². The number of alkyl halides is 5. The molecule has 0 unspecified atom stereocenters. The van der Waals surface area contributed by atoms with Gasteiger partial charge in [-0.1, -0.05) is 6.07 Å². The summed E-state index contributed by atoms with van der Waals surface area (Å²) in [7, 11) is 0. The van der Waals surface area contributed by atoms with Gasteiger partial charge in [0.2, 0.25) is 0 Å². The summed E-state index contributed by atoms with van der Waals surface area (Å²) in [6.45, 7) is -2.92. The molecule has 0 spiro atoms. The van der Waals surface area contributed by atoms with Gasteiger partial charge >= 0.3 is 17.8 Å². The third kappa shape index (κ3) is 5.53. The normalized spacial score (nSPS) is 13.9. The Balaban J connectivity index is 1.58. The van der Waals surface area contributed by atoms with Gasteiger partial charge in [-0.2, -0.15) is 32.1 Å². The maximum absolute atomic E-state index is 14.6. The predicted molar refractivity (Wildman–Crippen MR) is 115 cm³/mol. The summed E-state index contributed by atoms with van der Waals surface area (Å²) < 4.78 is 98.6. The minimum Gasteiger partial charge on any atom is -0.487 e. The summed E-state index contributed by atoms with van der Waals surface area (Å²) >= 11 is 0. The van der Waals surface area contributed by atoms with Crippen LogP contribution in [0.25, 0.3) is 5.69 Å². The molecule has 9 nitrogen and oxygen atoms in total. The van der Waals surface area contributed by atoms with Crippen LogP contribution in [0.5, 0.6) is 5.75 Å². The zero-order valence-electron chi connectivity index (χ0n) is 19.0. The van der Waals surface area contributed by atoms with Crippen molar-refractivity contribution in [1.82, 2.24) is 29.1 Å². The van der Waals surface area contributed by atoms with Crippen molar-refractivity contribution in [3.05, 3.63) is 89.1 Å². The molecule has 0 aliphatic carbocycles. The third-order valence-corrected chi connectivity index (χ3v) is 5.42. The molecule has 4 rings (SSSR count). The van der Waals surface area contributed by atoms with Gasteiger partial charge in [-0.05, 0) is 30.3 Å². The summed E-state index contributed by atoms with van der Waals surface area (Å²) in [5, 5.41) is 19.1. The topological polar surface area (TPSA) is 100.0 Å². The van der Waals surface area contributed by atoms with E-state index in [1.165, 1.54) is 29.5 Å². The molecule has 0 saturated heterocycles. The second kappa shape index (κ2) is 9.92. The monoisotopic (exact) mass is 546 g/mol. The highest BCUT2D eigenvalue weighted by Crippen LogP contribution is 2.35. The molecule has 0 bridgehead atoms. The fraction of sp³-hybridized carbons (Fsp3) is 0.273. The molecule has 0 radical (unpaired) electrons. The first-order chi connectivity index (χ1) is 17.8. The molecule has 0 amide bonds. The first kappa shape index (κ1) is 26.8. The minimum atomic E-state index is -5.78. The average molecular weight is 546 g/mol. The van der Waals surface area contributed by atoms with E-state index in [1.54, 1.807) is 0 Å². The lowest BCUT2D eigenvalue weighted by atomic mass is 9.93. The Morgan fingerprint density at radius 2 is 1.63 bits per heavy atom. The molecular weight excluding hydrogens is 529 g/mol. The molecular formula is C22H17F7N6O3. The Labute approximate surface area is 208 Å². The maximum atomic E-state index is 14.6. The van der Waals surface area contributed by atoms with Crippen LogP contribution >= 0.6 is 0 Å². The standard InChI is InChI=1S/C22H17F7N6O3/c23-14-1-6-17(18(24)7-14)20(37,8-33-12-30-11-31-33)9-35-19(36)34(13-32-35)15-2-4-16(5-3-15)38-10-21(25,26)22(27,28)29/h1-7,11-13,37H,8-10H2/t20-/m1/s1. The maximum Gasteiger partial charge on any atom is 0.456 e. The van der Waals surface area contributed by atoms with Crippen molar-refractivity contribution in [2.24, 2.45) is 0 Å². The number of ether oxygens (including phenoxy) is 1. The molecule has 0 aliphatic heterocycles. The van der Waals surface area contributed by atoms with Crippen LogP contribution in [0, 0.1) is 11.6 Å². The van der Waals surface area contributed by atoms with E-state index in [2.05, 4.69) is 19.9 Å². The molecule has 2 aromatic heterocycles. The van der Waals surface area contributed by atoms with Crippen LogP contribution < -0.4 is 10.4 Å². The fourth-order valence-corrected chi connectivity index (χ4v) is 3.50. The van der Waals surface area contributed by atoms with E-state index >= 15 is 0 Å². The van der Waals surface area contributed by atoms with Crippen molar-refractivity contribution in [2.45, 2.75) is 30.8 Å². The highest BCUT2D eigenvalue weighted by Gasteiger charge is 2.58. The Morgan fingerprint density at radius 1 is 0.921 bits per heavy atom. The first-order valence-electron chi connectivity index (χ1n) is 10.6. The lowest BCUT2D eigenvalue weighted by Crippen LogP contribution is -2.41. The summed E-state index contributed by atoms with van der Waals surface area (Å²) in [4.78, 5) is 16.7. The lowest BCUT2D eigenvalue weighted by molar-refractivity contribution is -0.290. The number of hydrogen-bond donors (Lipinski definition) is 1. The molecule has 2 aromatic carbocycles. The molecule has 1 atom stereocenters. The second-order valence-electron chi connectivity index (χ2n) is 8.17. The van der Waals surface area contributed by atoms with Gasteiger partial charge in [-0.3, -0.25) is 0 Å². The molecule has 0 fully saturated rings. The molecule has 16 heteroatoms. The summed E-state index contributed by atoms with van der Waals surface area (Å²) in [5.41, 5.74) is -3.17. The van der Waals surface area contributed by atoms with Crippen molar-refractivity contribution in [1.29, 1.82) is 0 Å². The van der Waals surface area contributed by atoms with Crippen LogP contribution in [0.1, 0.15) is 5.56 Å². The molecule has 202 valence electrons. The second-order valence-corrected chi connectivity index (χ2v) is 8.17. The largest absolute Gasteiger partial charge is 0.487 e. The predicted octanol–water partition coefficient (Wildman–Crippen LogP) is 3.07. The Morgan fingerprint density at radius 3 is 2.24 bits per heavy atom. The van der Waals surface area contributed by atoms with Gasteiger partial charge in [-0.15, -0.1) is 0 Å². The van der Waals surface area contributed by atoms with Gasteiger partial charge in [0.25, 0.3) is 0 Å². The quantitative estimate of drug-likeness (QED) is 0.324. The summed E-state index contributed by atoms with van der Waals surface area (Å²) in [5.74, 6) is -7.33. The van der Waals surface area contributed by atoms with Crippen LogP contribution in [0.2, 0.25) is 0 Å². The zero-order chi connectivity index (χ0) is 27.7. The number of benzene rings is 2. The molecule has 0 aliphatic rings. The van der Waals surface area contributed by atoms with Crippen LogP contribution in [-0.4, -0.2) is 52.9 Å². The minimum absolute atomic E-state index is 0.129. The highest BCUT2D eigenvalue weighted by molar-refractivity contribution is 5.37. The van der Waals surface area contributed by atoms with Gasteiger partial charge in [0.15, 0.2) is 6.61 Å². The molecule has 0 saturated carbocycles. The third-order valence-electron chi connectivity index (χ3n) is 5.42. The number of rotatable bonds is 9. The van der Waals surface area contributed by atoms with Gasteiger partial charge in [0.05, 0.1) is 18.8 Å². The number of halogens is 7. The summed E-state index contributed by atoms with van der Waals surface area (Å²) in [6.07, 6.45) is -2.32. The van der Waals surface area contributed by atoms with Crippen LogP contribution in [0.3, 0.4) is 0 Å². The van der Waals surface area contributed by atoms with E-state index in [0.29, 0.717) is 6.07 Å². The summed E-state index contributed by atoms with van der Waals surface area (Å²) in [6, 6.07) is 7.06. The Kier molecular flexibility index (Phi) is 7.01. The zero-order valence-corrected chi connectivity index (χ0v) is 19.0. The average Bonchev–Trinajstić information content (AvgIpc) is 3.47. The van der Waals surface area contributed by atoms with E-state index in [0.717, 1.165) is 39.8 Å². The van der Waals surface area contributed by atoms with Crippen molar-refractivity contribution in [2.75, 3.05) is 6.61 Å². The Hall–Kier alpha value is -4.21. The van der Waals surface area contributed by atoms with Crippen molar-refractivity contribution < 1.29 is 40.6 Å². The molecule has 4 aromatic rings. The number of aromatic nitrogens is 6. The van der Waals surface area contributed by atoms with E-state index in [9.17, 15) is 40.6 Å². The number of hydrogen-bond acceptors (Lipinski definition) is 6. The van der Waals surface area contributed by atoms with Crippen LogP contribution in [0.15, 0.2) is 66.2 Å². The SMILES string of the molecule is O=c1n(-c2ccc(OCC(F)(F)C(F)(F)F)cc2)cnn1C[C@](O)(Cn1cncn1)c1ccc(F)cc1F. The van der Waals surface area contributed by atoms with E-state index < -0.39 is 48.2 Å². The van der Waals surface area contributed by atoms with Gasteiger partial charge in [-0.25, -0.2) is 32.5 Å². The first-order valence-corrected chi connectivity index (χ1v) is 10.6. The van der Waals surface area contributed by atoms with E-state index in [-0.39, 0.29) is 23.5 Å². The van der Waals surface area contributed by atoms with Crippen molar-refractivity contribution in [3.63, 3.8) is 0 Å². The molecule has 38 heavy (non-hydrogen) atoms. The van der Waals surface area contributed by atoms with E-state index in [1.807, 2.05) is 0 Å². The lowest BCUT2D eigenvalue weighted by Gasteiger charge is -2.28. The van der Waals surface area contributed by atoms with Crippen molar-refractivity contribution in [3.8, 4) is 11.4 Å². The van der Waals surface area contributed by atoms with E-state index in [4.69, 9.17) is 0 Å². The fourth-order valence-electron chi connectivity index (χ4n) is 3.50. The van der Waals surface area contributed by atoms with Gasteiger partial charge in [0, 0.05) is 11.6 Å². The molecule has 1 N–H and O–H groups in total. The number of nitrogens with zero attached hydrogens (tertiary/aromatic N) is 6. The van der Waals surface area contributed by atoms with Crippen LogP contribution in [0.4, 0.5) is 30.7 Å². The smallest absolute Gasteiger partial charge is 0.456 e. The number of aliphatic hydroxyl groups is 1. The van der Waals surface area contributed by atoms with Gasteiger partial charge in [0.1, 0.15) is 42.0 Å². The molecule has 2 heterocycles. The highest BCUT2D eigenvalue weighted by atomic mass is 19.4.